The van der Waals surface area contributed by atoms with Crippen molar-refractivity contribution in [2.24, 2.45) is 0 Å². The van der Waals surface area contributed by atoms with E-state index >= 15 is 0 Å². The predicted octanol–water partition coefficient (Wildman–Crippen LogP) is 21.1. The molecule has 0 bridgehead atoms. The number of carbonyl (C=O) groups is 3. The number of carbonyl (C=O) groups excluding carboxylic acids is 3. The molecule has 0 aliphatic heterocycles. The summed E-state index contributed by atoms with van der Waals surface area (Å²) < 4.78 is 16.8. The molecular weight excluding hydrogens is 901 g/mol. The zero-order valence-corrected chi connectivity index (χ0v) is 48.1. The summed E-state index contributed by atoms with van der Waals surface area (Å²) in [6.07, 6.45) is 80.5. The van der Waals surface area contributed by atoms with E-state index in [1.165, 1.54) is 161 Å². The van der Waals surface area contributed by atoms with Gasteiger partial charge in [-0.1, -0.05) is 292 Å². The van der Waals surface area contributed by atoms with Crippen LogP contribution in [0.25, 0.3) is 0 Å². The Morgan fingerprint density at radius 2 is 0.534 bits per heavy atom. The van der Waals surface area contributed by atoms with Crippen LogP contribution in [0, 0.1) is 0 Å². The van der Waals surface area contributed by atoms with E-state index < -0.39 is 6.10 Å². The van der Waals surface area contributed by atoms with Gasteiger partial charge in [-0.15, -0.1) is 0 Å². The summed E-state index contributed by atoms with van der Waals surface area (Å²) in [4.78, 5) is 37.9. The highest BCUT2D eigenvalue weighted by Gasteiger charge is 2.19. The van der Waals surface area contributed by atoms with Crippen molar-refractivity contribution < 1.29 is 28.6 Å². The van der Waals surface area contributed by atoms with Crippen LogP contribution < -0.4 is 0 Å². The summed E-state index contributed by atoms with van der Waals surface area (Å²) in [5, 5.41) is 0. The first-order chi connectivity index (χ1) is 36.0. The molecular formula is C67H116O6. The molecule has 0 heterocycles. The maximum absolute atomic E-state index is 12.8. The van der Waals surface area contributed by atoms with E-state index in [1.54, 1.807) is 0 Å². The number of esters is 3. The monoisotopic (exact) mass is 1020 g/mol. The molecule has 0 aliphatic rings. The van der Waals surface area contributed by atoms with Gasteiger partial charge >= 0.3 is 17.9 Å². The minimum absolute atomic E-state index is 0.0713. The van der Waals surface area contributed by atoms with Crippen LogP contribution in [0.5, 0.6) is 0 Å². The highest BCUT2D eigenvalue weighted by Crippen LogP contribution is 2.16. The van der Waals surface area contributed by atoms with Crippen LogP contribution in [0.15, 0.2) is 85.1 Å². The summed E-state index contributed by atoms with van der Waals surface area (Å²) in [6, 6.07) is 0. The van der Waals surface area contributed by atoms with E-state index in [0.717, 1.165) is 103 Å². The lowest BCUT2D eigenvalue weighted by atomic mass is 10.0. The first-order valence-electron chi connectivity index (χ1n) is 31.1. The van der Waals surface area contributed by atoms with Crippen LogP contribution in [0.4, 0.5) is 0 Å². The molecule has 0 radical (unpaired) electrons. The van der Waals surface area contributed by atoms with Crippen molar-refractivity contribution in [1.82, 2.24) is 0 Å². The summed E-state index contributed by atoms with van der Waals surface area (Å²) >= 11 is 0. The fourth-order valence-electron chi connectivity index (χ4n) is 8.78. The number of rotatable bonds is 56. The first-order valence-corrected chi connectivity index (χ1v) is 31.1. The second-order valence-electron chi connectivity index (χ2n) is 20.6. The van der Waals surface area contributed by atoms with Crippen LogP contribution in [0.2, 0.25) is 0 Å². The van der Waals surface area contributed by atoms with E-state index in [9.17, 15) is 14.4 Å². The van der Waals surface area contributed by atoms with Gasteiger partial charge in [-0.25, -0.2) is 0 Å². The van der Waals surface area contributed by atoms with Gasteiger partial charge in [0.15, 0.2) is 6.10 Å². The van der Waals surface area contributed by atoms with Gasteiger partial charge < -0.3 is 14.2 Å². The maximum Gasteiger partial charge on any atom is 0.306 e. The van der Waals surface area contributed by atoms with Crippen molar-refractivity contribution in [3.63, 3.8) is 0 Å². The zero-order valence-electron chi connectivity index (χ0n) is 48.1. The maximum atomic E-state index is 12.8. The molecule has 1 unspecified atom stereocenters. The predicted molar refractivity (Wildman–Crippen MR) is 316 cm³/mol. The van der Waals surface area contributed by atoms with Gasteiger partial charge in [0.1, 0.15) is 13.2 Å². The average Bonchev–Trinajstić information content (AvgIpc) is 3.39. The number of unbranched alkanes of at least 4 members (excludes halogenated alkanes) is 31. The normalized spacial score (nSPS) is 12.6. The van der Waals surface area contributed by atoms with Crippen molar-refractivity contribution in [2.75, 3.05) is 13.2 Å². The molecule has 1 atom stereocenters. The van der Waals surface area contributed by atoms with Crippen LogP contribution in [-0.4, -0.2) is 37.2 Å². The van der Waals surface area contributed by atoms with Gasteiger partial charge in [-0.2, -0.15) is 0 Å². The molecule has 73 heavy (non-hydrogen) atoms. The third-order valence-electron chi connectivity index (χ3n) is 13.4. The summed E-state index contributed by atoms with van der Waals surface area (Å²) in [5.74, 6) is -0.869. The molecule has 0 spiro atoms. The quantitative estimate of drug-likeness (QED) is 0.0261. The highest BCUT2D eigenvalue weighted by atomic mass is 16.6. The summed E-state index contributed by atoms with van der Waals surface area (Å²) in [7, 11) is 0. The fourth-order valence-corrected chi connectivity index (χ4v) is 8.78. The molecule has 0 aromatic heterocycles. The molecule has 0 saturated heterocycles. The van der Waals surface area contributed by atoms with Gasteiger partial charge in [0.25, 0.3) is 0 Å². The summed E-state index contributed by atoms with van der Waals surface area (Å²) in [5.41, 5.74) is 0. The molecule has 0 aromatic rings. The largest absolute Gasteiger partial charge is 0.462 e. The molecule has 0 aromatic carbocycles. The number of hydrogen-bond acceptors (Lipinski definition) is 6. The molecule has 0 rings (SSSR count). The van der Waals surface area contributed by atoms with Crippen molar-refractivity contribution in [3.8, 4) is 0 Å². The first kappa shape index (κ1) is 69.6. The minimum atomic E-state index is -0.769. The van der Waals surface area contributed by atoms with Crippen molar-refractivity contribution in [2.45, 2.75) is 309 Å². The average molecular weight is 1020 g/mol. The molecule has 0 aliphatic carbocycles. The second kappa shape index (κ2) is 61.1. The lowest BCUT2D eigenvalue weighted by Crippen LogP contribution is -2.30. The Hall–Kier alpha value is -3.41. The smallest absolute Gasteiger partial charge is 0.306 e. The molecule has 0 amide bonds. The Labute approximate surface area is 452 Å². The third kappa shape index (κ3) is 59.3. The van der Waals surface area contributed by atoms with Crippen LogP contribution >= 0.6 is 0 Å². The molecule has 0 fully saturated rings. The number of ether oxygens (including phenoxy) is 3. The van der Waals surface area contributed by atoms with Crippen molar-refractivity contribution >= 4 is 17.9 Å². The third-order valence-corrected chi connectivity index (χ3v) is 13.4. The molecule has 0 saturated carbocycles. The lowest BCUT2D eigenvalue weighted by Gasteiger charge is -2.18. The Morgan fingerprint density at radius 3 is 0.836 bits per heavy atom. The zero-order chi connectivity index (χ0) is 52.9. The molecule has 6 heteroatoms. The van der Waals surface area contributed by atoms with Gasteiger partial charge in [0, 0.05) is 19.3 Å². The van der Waals surface area contributed by atoms with E-state index in [4.69, 9.17) is 14.2 Å². The van der Waals surface area contributed by atoms with E-state index in [1.807, 2.05) is 0 Å². The van der Waals surface area contributed by atoms with Gasteiger partial charge in [-0.05, 0) is 77.0 Å². The van der Waals surface area contributed by atoms with Crippen molar-refractivity contribution in [3.05, 3.63) is 85.1 Å². The van der Waals surface area contributed by atoms with Crippen LogP contribution in [0.3, 0.4) is 0 Å². The van der Waals surface area contributed by atoms with E-state index in [-0.39, 0.29) is 31.1 Å². The second-order valence-corrected chi connectivity index (χ2v) is 20.6. The van der Waals surface area contributed by atoms with Crippen LogP contribution in [-0.2, 0) is 28.6 Å². The topological polar surface area (TPSA) is 78.9 Å². The highest BCUT2D eigenvalue weighted by molar-refractivity contribution is 5.71. The van der Waals surface area contributed by atoms with E-state index in [0.29, 0.717) is 19.3 Å². The van der Waals surface area contributed by atoms with Crippen LogP contribution in [0.1, 0.15) is 303 Å². The molecule has 0 N–H and O–H groups in total. The Balaban J connectivity index is 4.00. The Morgan fingerprint density at radius 1 is 0.288 bits per heavy atom. The minimum Gasteiger partial charge on any atom is -0.462 e. The van der Waals surface area contributed by atoms with E-state index in [2.05, 4.69) is 106 Å². The Kier molecular flexibility index (Phi) is 58.3. The summed E-state index contributed by atoms with van der Waals surface area (Å²) in [6.45, 7) is 6.50. The molecule has 420 valence electrons. The Bertz CT molecular complexity index is 1400. The lowest BCUT2D eigenvalue weighted by molar-refractivity contribution is -0.167. The number of hydrogen-bond donors (Lipinski definition) is 0. The van der Waals surface area contributed by atoms with Gasteiger partial charge in [0.2, 0.25) is 0 Å². The van der Waals surface area contributed by atoms with Gasteiger partial charge in [-0.3, -0.25) is 14.4 Å². The molecule has 6 nitrogen and oxygen atoms in total. The fraction of sp³-hybridized carbons (Fsp3) is 0.746. The van der Waals surface area contributed by atoms with Gasteiger partial charge in [0.05, 0.1) is 0 Å². The standard InChI is InChI=1S/C67H116O6/c1-4-7-10-13-16-18-20-22-23-24-25-26-27-28-29-30-31-32-33-34-35-36-37-38-39-40-41-42-43-45-46-48-51-54-57-60-66(69)72-63-64(62-71-65(68)59-56-53-50-15-12-9-6-3)73-67(70)61-58-55-52-49-47-44-21-19-17-14-11-8-5-2/h7,10,16,18,22-23,25-26,28-29,31-32,34-35,64H,4-6,8-9,11-15,17,19-21,24,27,30,33,36-63H2,1-3H3/b10-7-,18-16-,23-22-,26-25-,29-28-,32-31-,35-34-. The SMILES string of the molecule is CC/C=C\C/C=C\C/C=C\C/C=C\C/C=C\C/C=C\C/C=C\CCCCCCCCCCCCCCCC(=O)OCC(COC(=O)CCCCCCCCC)OC(=O)CCCCCCCCCCCCCCC. The van der Waals surface area contributed by atoms with Crippen molar-refractivity contribution in [1.29, 1.82) is 0 Å². The number of allylic oxidation sites excluding steroid dienone is 14.